The Morgan fingerprint density at radius 3 is 3.00 bits per heavy atom. The zero-order chi connectivity index (χ0) is 11.1. The van der Waals surface area contributed by atoms with Crippen molar-refractivity contribution < 1.29 is 9.90 Å². The first-order valence-corrected chi connectivity index (χ1v) is 5.85. The first-order chi connectivity index (χ1) is 7.77. The van der Waals surface area contributed by atoms with Gasteiger partial charge in [-0.3, -0.25) is 4.79 Å². The molecule has 0 bridgehead atoms. The fourth-order valence-corrected chi connectivity index (χ4v) is 3.10. The second-order valence-electron chi connectivity index (χ2n) is 4.68. The molecule has 2 aliphatic rings. The highest BCUT2D eigenvalue weighted by molar-refractivity contribution is 5.75. The number of carbonyl (C=O) groups is 1. The molecule has 3 rings (SSSR count). The Bertz CT molecular complexity index is 430. The zero-order valence-corrected chi connectivity index (χ0v) is 9.10. The Hall–Kier alpha value is -1.51. The van der Waals surface area contributed by atoms with E-state index in [0.29, 0.717) is 6.42 Å². The number of carboxylic acids is 1. The first kappa shape index (κ1) is 9.70. The van der Waals surface area contributed by atoms with Gasteiger partial charge in [-0.1, -0.05) is 18.2 Å². The van der Waals surface area contributed by atoms with Crippen molar-refractivity contribution in [2.45, 2.75) is 25.3 Å². The molecular weight excluding hydrogens is 202 g/mol. The van der Waals surface area contributed by atoms with Crippen molar-refractivity contribution in [1.82, 2.24) is 0 Å². The summed E-state index contributed by atoms with van der Waals surface area (Å²) in [7, 11) is 0. The maximum atomic E-state index is 11.3. The minimum absolute atomic E-state index is 0.215. The molecule has 3 heteroatoms. The summed E-state index contributed by atoms with van der Waals surface area (Å²) in [6, 6.07) is 8.42. The smallest absolute Gasteiger partial charge is 0.308 e. The van der Waals surface area contributed by atoms with Crippen LogP contribution in [0.4, 0.5) is 5.69 Å². The molecule has 0 aliphatic carbocycles. The van der Waals surface area contributed by atoms with Crippen molar-refractivity contribution in [2.24, 2.45) is 5.92 Å². The van der Waals surface area contributed by atoms with E-state index in [1.807, 2.05) is 12.1 Å². The molecule has 1 aromatic carbocycles. The topological polar surface area (TPSA) is 40.5 Å². The van der Waals surface area contributed by atoms with E-state index in [1.54, 1.807) is 0 Å². The number of fused-ring (bicyclic) bond motifs is 3. The van der Waals surface area contributed by atoms with Crippen LogP contribution in [0.2, 0.25) is 0 Å². The monoisotopic (exact) mass is 217 g/mol. The lowest BCUT2D eigenvalue weighted by molar-refractivity contribution is -0.142. The first-order valence-electron chi connectivity index (χ1n) is 5.85. The Balaban J connectivity index is 2.05. The summed E-state index contributed by atoms with van der Waals surface area (Å²) >= 11 is 0. The van der Waals surface area contributed by atoms with E-state index in [4.69, 9.17) is 0 Å². The number of hydrogen-bond donors (Lipinski definition) is 1. The molecule has 0 saturated carbocycles. The molecule has 1 aromatic rings. The molecule has 2 aliphatic heterocycles. The number of benzene rings is 1. The summed E-state index contributed by atoms with van der Waals surface area (Å²) in [6.07, 6.45) is 2.82. The molecule has 2 heterocycles. The second kappa shape index (κ2) is 3.51. The molecule has 84 valence electrons. The predicted molar refractivity (Wildman–Crippen MR) is 61.6 cm³/mol. The van der Waals surface area contributed by atoms with Crippen molar-refractivity contribution >= 4 is 11.7 Å². The van der Waals surface area contributed by atoms with E-state index in [-0.39, 0.29) is 12.0 Å². The minimum Gasteiger partial charge on any atom is -0.481 e. The van der Waals surface area contributed by atoms with Crippen LogP contribution < -0.4 is 4.90 Å². The highest BCUT2D eigenvalue weighted by Gasteiger charge is 2.40. The predicted octanol–water partition coefficient (Wildman–Crippen LogP) is 1.91. The molecule has 1 fully saturated rings. The molecule has 16 heavy (non-hydrogen) atoms. The molecule has 0 spiro atoms. The lowest BCUT2D eigenvalue weighted by atomic mass is 9.86. The minimum atomic E-state index is -0.647. The van der Waals surface area contributed by atoms with E-state index in [9.17, 15) is 9.90 Å². The number of carboxylic acid groups (broad SMARTS) is 1. The summed E-state index contributed by atoms with van der Waals surface area (Å²) in [5, 5.41) is 9.28. The van der Waals surface area contributed by atoms with Crippen LogP contribution in [-0.4, -0.2) is 23.7 Å². The van der Waals surface area contributed by atoms with Crippen LogP contribution >= 0.6 is 0 Å². The van der Waals surface area contributed by atoms with Crippen molar-refractivity contribution in [1.29, 1.82) is 0 Å². The molecule has 3 nitrogen and oxygen atoms in total. The van der Waals surface area contributed by atoms with E-state index < -0.39 is 5.97 Å². The van der Waals surface area contributed by atoms with Crippen LogP contribution in [0.3, 0.4) is 0 Å². The average Bonchev–Trinajstić information content (AvgIpc) is 2.76. The van der Waals surface area contributed by atoms with Gasteiger partial charge in [-0.25, -0.2) is 0 Å². The number of hydrogen-bond acceptors (Lipinski definition) is 2. The van der Waals surface area contributed by atoms with Crippen LogP contribution in [-0.2, 0) is 11.2 Å². The van der Waals surface area contributed by atoms with Gasteiger partial charge in [0.25, 0.3) is 0 Å². The quantitative estimate of drug-likeness (QED) is 0.781. The highest BCUT2D eigenvalue weighted by atomic mass is 16.4. The Morgan fingerprint density at radius 2 is 2.19 bits per heavy atom. The molecule has 1 saturated heterocycles. The van der Waals surface area contributed by atoms with Gasteiger partial charge in [-0.15, -0.1) is 0 Å². The number of nitrogens with zero attached hydrogens (tertiary/aromatic N) is 1. The van der Waals surface area contributed by atoms with Crippen LogP contribution in [0.15, 0.2) is 24.3 Å². The van der Waals surface area contributed by atoms with Gasteiger partial charge in [-0.2, -0.15) is 0 Å². The van der Waals surface area contributed by atoms with Crippen LogP contribution in [0, 0.1) is 5.92 Å². The molecule has 0 radical (unpaired) electrons. The van der Waals surface area contributed by atoms with E-state index >= 15 is 0 Å². The van der Waals surface area contributed by atoms with Gasteiger partial charge in [0.1, 0.15) is 0 Å². The van der Waals surface area contributed by atoms with Gasteiger partial charge in [0, 0.05) is 18.3 Å². The standard InChI is InChI=1S/C13H15NO2/c15-13(16)10-8-9-4-1-2-5-11(9)14-7-3-6-12(10)14/h1-2,4-5,10,12H,3,6-8H2,(H,15,16)/t10-,12-/m0/s1. The zero-order valence-electron chi connectivity index (χ0n) is 9.10. The maximum Gasteiger partial charge on any atom is 0.308 e. The Morgan fingerprint density at radius 1 is 1.38 bits per heavy atom. The molecule has 2 atom stereocenters. The lowest BCUT2D eigenvalue weighted by Crippen LogP contribution is -2.44. The van der Waals surface area contributed by atoms with Crippen LogP contribution in [0.1, 0.15) is 18.4 Å². The van der Waals surface area contributed by atoms with E-state index in [1.165, 1.54) is 11.3 Å². The molecule has 1 N–H and O–H groups in total. The summed E-state index contributed by atoms with van der Waals surface area (Å²) in [6.45, 7) is 1.01. The Labute approximate surface area is 94.7 Å². The van der Waals surface area contributed by atoms with Crippen molar-refractivity contribution in [3.63, 3.8) is 0 Å². The molecule has 0 amide bonds. The second-order valence-corrected chi connectivity index (χ2v) is 4.68. The van der Waals surface area contributed by atoms with Crippen molar-refractivity contribution in [2.75, 3.05) is 11.4 Å². The fourth-order valence-electron chi connectivity index (χ4n) is 3.10. The third-order valence-electron chi connectivity index (χ3n) is 3.82. The summed E-state index contributed by atoms with van der Waals surface area (Å²) < 4.78 is 0. The van der Waals surface area contributed by atoms with Gasteiger partial charge in [0.2, 0.25) is 0 Å². The number of aliphatic carboxylic acids is 1. The SMILES string of the molecule is O=C(O)[C@H]1Cc2ccccc2N2CCC[C@@H]12. The van der Waals surface area contributed by atoms with Gasteiger partial charge in [0.15, 0.2) is 0 Å². The molecule has 0 aromatic heterocycles. The Kier molecular flexibility index (Phi) is 2.13. The third kappa shape index (κ3) is 1.31. The van der Waals surface area contributed by atoms with Gasteiger partial charge in [-0.05, 0) is 30.9 Å². The maximum absolute atomic E-state index is 11.3. The van der Waals surface area contributed by atoms with E-state index in [2.05, 4.69) is 17.0 Å². The lowest BCUT2D eigenvalue weighted by Gasteiger charge is -2.37. The summed E-state index contributed by atoms with van der Waals surface area (Å²) in [5.41, 5.74) is 2.44. The van der Waals surface area contributed by atoms with Crippen LogP contribution in [0.25, 0.3) is 0 Å². The van der Waals surface area contributed by atoms with Gasteiger partial charge < -0.3 is 10.0 Å². The van der Waals surface area contributed by atoms with Crippen molar-refractivity contribution in [3.05, 3.63) is 29.8 Å². The number of para-hydroxylation sites is 1. The summed E-state index contributed by atoms with van der Waals surface area (Å²) in [5.74, 6) is -0.871. The van der Waals surface area contributed by atoms with E-state index in [0.717, 1.165) is 19.4 Å². The third-order valence-corrected chi connectivity index (χ3v) is 3.82. The van der Waals surface area contributed by atoms with Gasteiger partial charge in [0.05, 0.1) is 5.92 Å². The van der Waals surface area contributed by atoms with Crippen molar-refractivity contribution in [3.8, 4) is 0 Å². The number of anilines is 1. The normalized spacial score (nSPS) is 27.4. The number of rotatable bonds is 1. The van der Waals surface area contributed by atoms with Gasteiger partial charge >= 0.3 is 5.97 Å². The largest absolute Gasteiger partial charge is 0.481 e. The highest BCUT2D eigenvalue weighted by Crippen LogP contribution is 2.38. The molecular formula is C13H15NO2. The average molecular weight is 217 g/mol. The fraction of sp³-hybridized carbons (Fsp3) is 0.462. The summed E-state index contributed by atoms with van der Waals surface area (Å²) in [4.78, 5) is 13.6. The molecule has 0 unspecified atom stereocenters. The van der Waals surface area contributed by atoms with Crippen LogP contribution in [0.5, 0.6) is 0 Å².